The van der Waals surface area contributed by atoms with Crippen molar-refractivity contribution in [2.24, 2.45) is 0 Å². The zero-order valence-corrected chi connectivity index (χ0v) is 17.1. The lowest BCUT2D eigenvalue weighted by atomic mass is 10.0. The van der Waals surface area contributed by atoms with Crippen molar-refractivity contribution in [3.8, 4) is 11.1 Å². The third-order valence-electron chi connectivity index (χ3n) is 5.89. The maximum atomic E-state index is 14.9. The normalized spacial score (nSPS) is 18.1. The Morgan fingerprint density at radius 3 is 2.71 bits per heavy atom. The molecule has 1 unspecified atom stereocenters. The Labute approximate surface area is 178 Å². The van der Waals surface area contributed by atoms with Gasteiger partial charge in [-0.05, 0) is 55.2 Å². The number of hydrogen-bond acceptors (Lipinski definition) is 4. The largest absolute Gasteiger partial charge is 0.376 e. The van der Waals surface area contributed by atoms with E-state index in [9.17, 15) is 13.6 Å². The van der Waals surface area contributed by atoms with Gasteiger partial charge in [0.05, 0.1) is 31.9 Å². The van der Waals surface area contributed by atoms with E-state index < -0.39 is 11.6 Å². The second-order valence-electron chi connectivity index (χ2n) is 8.10. The zero-order chi connectivity index (χ0) is 21.5. The zero-order valence-electron chi connectivity index (χ0n) is 17.1. The fourth-order valence-corrected chi connectivity index (χ4v) is 4.30. The van der Waals surface area contributed by atoms with E-state index >= 15 is 0 Å². The number of hydrogen-bond donors (Lipinski definition) is 0. The predicted molar refractivity (Wildman–Crippen MR) is 109 cm³/mol. The van der Waals surface area contributed by atoms with Gasteiger partial charge in [-0.1, -0.05) is 0 Å². The number of carbonyl (C=O) groups excluding carboxylic acids is 1. The summed E-state index contributed by atoms with van der Waals surface area (Å²) in [5.74, 6) is -1.61. The molecule has 0 aliphatic carbocycles. The molecule has 8 heteroatoms. The fourth-order valence-electron chi connectivity index (χ4n) is 4.30. The molecule has 6 nitrogen and oxygen atoms in total. The van der Waals surface area contributed by atoms with Crippen molar-refractivity contribution in [3.63, 3.8) is 0 Å². The van der Waals surface area contributed by atoms with Gasteiger partial charge < -0.3 is 9.64 Å². The molecule has 1 fully saturated rings. The van der Waals surface area contributed by atoms with Gasteiger partial charge >= 0.3 is 0 Å². The first kappa shape index (κ1) is 19.8. The summed E-state index contributed by atoms with van der Waals surface area (Å²) < 4.78 is 37.0. The average molecular weight is 424 g/mol. The molecule has 4 heterocycles. The maximum Gasteiger partial charge on any atom is 0.273 e. The number of rotatable bonds is 5. The number of amides is 1. The number of carbonyl (C=O) groups is 1. The van der Waals surface area contributed by atoms with Crippen molar-refractivity contribution < 1.29 is 18.3 Å². The highest BCUT2D eigenvalue weighted by molar-refractivity contribution is 5.96. The van der Waals surface area contributed by atoms with Crippen LogP contribution in [0.15, 0.2) is 36.7 Å². The summed E-state index contributed by atoms with van der Waals surface area (Å²) in [4.78, 5) is 18.5. The van der Waals surface area contributed by atoms with E-state index in [1.165, 1.54) is 17.0 Å². The van der Waals surface area contributed by atoms with Gasteiger partial charge in [-0.3, -0.25) is 14.5 Å². The average Bonchev–Trinajstić information content (AvgIpc) is 3.45. The number of aromatic nitrogens is 3. The van der Waals surface area contributed by atoms with Crippen LogP contribution in [0.5, 0.6) is 0 Å². The molecule has 2 aliphatic heterocycles. The van der Waals surface area contributed by atoms with E-state index in [4.69, 9.17) is 4.74 Å². The van der Waals surface area contributed by atoms with Gasteiger partial charge in [-0.2, -0.15) is 5.10 Å². The lowest BCUT2D eigenvalue weighted by Gasteiger charge is -2.18. The van der Waals surface area contributed by atoms with Crippen LogP contribution < -0.4 is 0 Å². The van der Waals surface area contributed by atoms with Gasteiger partial charge in [0.2, 0.25) is 0 Å². The number of ether oxygens (including phenoxy) is 1. The molecule has 2 aliphatic rings. The summed E-state index contributed by atoms with van der Waals surface area (Å²) >= 11 is 0. The molecule has 5 rings (SSSR count). The molecule has 0 bridgehead atoms. The topological polar surface area (TPSA) is 60.2 Å². The van der Waals surface area contributed by atoms with E-state index in [-0.39, 0.29) is 30.7 Å². The molecule has 0 spiro atoms. The summed E-state index contributed by atoms with van der Waals surface area (Å²) in [5.41, 5.74) is 3.03. The minimum absolute atomic E-state index is 0.0464. The van der Waals surface area contributed by atoms with Crippen LogP contribution in [0.2, 0.25) is 0 Å². The van der Waals surface area contributed by atoms with Crippen LogP contribution >= 0.6 is 0 Å². The first-order chi connectivity index (χ1) is 15.0. The Bertz CT molecular complexity index is 1130. The van der Waals surface area contributed by atoms with Gasteiger partial charge in [0.1, 0.15) is 17.3 Å². The third kappa shape index (κ3) is 3.72. The Morgan fingerprint density at radius 2 is 2.00 bits per heavy atom. The SMILES string of the molecule is Cc1cc(-c2cc(F)c(CN3Cc4cnn(CC5CCCO5)c4C3=O)c(F)c2)ccn1. The number of halogens is 2. The van der Waals surface area contributed by atoms with Crippen molar-refractivity contribution in [1.29, 1.82) is 0 Å². The molecular formula is C23H22F2N4O2. The lowest BCUT2D eigenvalue weighted by molar-refractivity contribution is 0.0732. The van der Waals surface area contributed by atoms with Crippen molar-refractivity contribution in [1.82, 2.24) is 19.7 Å². The van der Waals surface area contributed by atoms with Crippen molar-refractivity contribution in [2.75, 3.05) is 6.61 Å². The molecule has 0 saturated carbocycles. The Morgan fingerprint density at radius 1 is 1.19 bits per heavy atom. The first-order valence-corrected chi connectivity index (χ1v) is 10.4. The minimum atomic E-state index is -0.672. The van der Waals surface area contributed by atoms with E-state index in [0.717, 1.165) is 30.7 Å². The third-order valence-corrected chi connectivity index (χ3v) is 5.89. The van der Waals surface area contributed by atoms with Crippen LogP contribution in [0.25, 0.3) is 11.1 Å². The molecule has 2 aromatic heterocycles. The number of pyridine rings is 1. The summed E-state index contributed by atoms with van der Waals surface area (Å²) in [6.45, 7) is 3.20. The summed E-state index contributed by atoms with van der Waals surface area (Å²) in [6.07, 6.45) is 5.25. The van der Waals surface area contributed by atoms with Crippen LogP contribution in [-0.4, -0.2) is 38.3 Å². The fraction of sp³-hybridized carbons (Fsp3) is 0.348. The molecule has 0 radical (unpaired) electrons. The van der Waals surface area contributed by atoms with Crippen molar-refractivity contribution in [2.45, 2.75) is 45.5 Å². The highest BCUT2D eigenvalue weighted by Gasteiger charge is 2.34. The van der Waals surface area contributed by atoms with Gasteiger partial charge in [0.15, 0.2) is 0 Å². The van der Waals surface area contributed by atoms with Crippen molar-refractivity contribution in [3.05, 3.63) is 70.8 Å². The minimum Gasteiger partial charge on any atom is -0.376 e. The molecule has 1 amide bonds. The second kappa shape index (κ2) is 7.85. The van der Waals surface area contributed by atoms with Crippen LogP contribution in [0.4, 0.5) is 8.78 Å². The van der Waals surface area contributed by atoms with Crippen LogP contribution in [0, 0.1) is 18.6 Å². The number of benzene rings is 1. The Balaban J connectivity index is 1.36. The maximum absolute atomic E-state index is 14.9. The van der Waals surface area contributed by atoms with Crippen LogP contribution in [0.3, 0.4) is 0 Å². The second-order valence-corrected chi connectivity index (χ2v) is 8.10. The highest BCUT2D eigenvalue weighted by Crippen LogP contribution is 2.29. The number of fused-ring (bicyclic) bond motifs is 1. The highest BCUT2D eigenvalue weighted by atomic mass is 19.1. The predicted octanol–water partition coefficient (Wildman–Crippen LogP) is 3.87. The first-order valence-electron chi connectivity index (χ1n) is 10.4. The summed E-state index contributed by atoms with van der Waals surface area (Å²) in [5, 5.41) is 4.32. The molecular weight excluding hydrogens is 402 g/mol. The molecule has 1 saturated heterocycles. The van der Waals surface area contributed by atoms with Gasteiger partial charge in [-0.15, -0.1) is 0 Å². The smallest absolute Gasteiger partial charge is 0.273 e. The van der Waals surface area contributed by atoms with E-state index in [1.54, 1.807) is 29.2 Å². The molecule has 3 aromatic rings. The number of nitrogens with zero attached hydrogens (tertiary/aromatic N) is 4. The Hall–Kier alpha value is -3.13. The van der Waals surface area contributed by atoms with Crippen LogP contribution in [-0.2, 0) is 24.4 Å². The lowest BCUT2D eigenvalue weighted by Crippen LogP contribution is -2.28. The Kier molecular flexibility index (Phi) is 5.02. The van der Waals surface area contributed by atoms with E-state index in [2.05, 4.69) is 10.1 Å². The molecule has 1 aromatic carbocycles. The van der Waals surface area contributed by atoms with Gasteiger partial charge in [0.25, 0.3) is 5.91 Å². The quantitative estimate of drug-likeness (QED) is 0.624. The number of aryl methyl sites for hydroxylation is 1. The molecule has 31 heavy (non-hydrogen) atoms. The van der Waals surface area contributed by atoms with Crippen LogP contribution in [0.1, 0.15) is 40.2 Å². The van der Waals surface area contributed by atoms with Crippen molar-refractivity contribution >= 4 is 5.91 Å². The van der Waals surface area contributed by atoms with E-state index in [0.29, 0.717) is 23.4 Å². The molecule has 0 N–H and O–H groups in total. The molecule has 1 atom stereocenters. The van der Waals surface area contributed by atoms with Gasteiger partial charge in [0, 0.05) is 29.6 Å². The van der Waals surface area contributed by atoms with E-state index in [1.807, 2.05) is 6.92 Å². The molecule has 160 valence electrons. The van der Waals surface area contributed by atoms with Gasteiger partial charge in [-0.25, -0.2) is 8.78 Å². The summed E-state index contributed by atoms with van der Waals surface area (Å²) in [7, 11) is 0. The summed E-state index contributed by atoms with van der Waals surface area (Å²) in [6, 6.07) is 6.09. The standard InChI is InChI=1S/C23H22F2N4O2/c1-14-7-15(4-5-26-14)16-8-20(24)19(21(25)9-16)13-28-11-17-10-27-29(22(17)23(28)30)12-18-3-2-6-31-18/h4-5,7-10,18H,2-3,6,11-13H2,1H3. The monoisotopic (exact) mass is 424 g/mol.